The van der Waals surface area contributed by atoms with Gasteiger partial charge in [-0.2, -0.15) is 0 Å². The first-order valence-electron chi connectivity index (χ1n) is 5.66. The predicted molar refractivity (Wildman–Crippen MR) is 68.7 cm³/mol. The monoisotopic (exact) mass is 304 g/mol. The largest absolute Gasteiger partial charge is 0.481 e. The predicted octanol–water partition coefficient (Wildman–Crippen LogP) is 0.143. The average Bonchev–Trinajstić information content (AvgIpc) is 2.87. The number of carbonyl (C=O) groups is 2. The molecule has 8 nitrogen and oxygen atoms in total. The number of hydrogen-bond donors (Lipinski definition) is 2. The second-order valence-electron chi connectivity index (χ2n) is 4.27. The van der Waals surface area contributed by atoms with E-state index in [1.165, 1.54) is 21.1 Å². The summed E-state index contributed by atoms with van der Waals surface area (Å²) in [6.07, 6.45) is 1.16. The summed E-state index contributed by atoms with van der Waals surface area (Å²) in [5, 5.41) is 8.79. The lowest BCUT2D eigenvalue weighted by atomic mass is 10.2. The summed E-state index contributed by atoms with van der Waals surface area (Å²) < 4.78 is 29.7. The molecule has 1 aromatic heterocycles. The third-order valence-corrected chi connectivity index (χ3v) is 4.52. The summed E-state index contributed by atoms with van der Waals surface area (Å²) in [4.78, 5) is 24.4. The second kappa shape index (κ2) is 6.06. The van der Waals surface area contributed by atoms with E-state index in [2.05, 4.69) is 9.72 Å². The molecule has 20 heavy (non-hydrogen) atoms. The Morgan fingerprint density at radius 2 is 2.10 bits per heavy atom. The van der Waals surface area contributed by atoms with Gasteiger partial charge in [0, 0.05) is 19.8 Å². The SMILES string of the molecule is COC(=O)c1cc(S(=O)(=O)N(C)CC(C)C(=O)O)c[nH]1. The van der Waals surface area contributed by atoms with Crippen LogP contribution in [0.1, 0.15) is 17.4 Å². The number of carbonyl (C=O) groups excluding carboxylic acids is 1. The number of sulfonamides is 1. The summed E-state index contributed by atoms with van der Waals surface area (Å²) in [7, 11) is -1.40. The van der Waals surface area contributed by atoms with Crippen LogP contribution < -0.4 is 0 Å². The van der Waals surface area contributed by atoms with Crippen LogP contribution in [0, 0.1) is 5.92 Å². The van der Waals surface area contributed by atoms with Gasteiger partial charge in [-0.15, -0.1) is 0 Å². The van der Waals surface area contributed by atoms with E-state index in [1.54, 1.807) is 0 Å². The fourth-order valence-corrected chi connectivity index (χ4v) is 2.75. The van der Waals surface area contributed by atoms with Crippen molar-refractivity contribution in [2.24, 2.45) is 5.92 Å². The zero-order valence-electron chi connectivity index (χ0n) is 11.3. The van der Waals surface area contributed by atoms with E-state index >= 15 is 0 Å². The molecule has 1 aromatic rings. The molecule has 0 aliphatic heterocycles. The maximum Gasteiger partial charge on any atom is 0.354 e. The molecular weight excluding hydrogens is 288 g/mol. The number of rotatable bonds is 6. The number of carboxylic acid groups (broad SMARTS) is 1. The fourth-order valence-electron chi connectivity index (χ4n) is 1.49. The molecule has 0 aromatic carbocycles. The van der Waals surface area contributed by atoms with Crippen molar-refractivity contribution < 1.29 is 27.9 Å². The number of nitrogens with zero attached hydrogens (tertiary/aromatic N) is 1. The van der Waals surface area contributed by atoms with Crippen molar-refractivity contribution in [3.63, 3.8) is 0 Å². The third kappa shape index (κ3) is 3.36. The van der Waals surface area contributed by atoms with Crippen LogP contribution in [0.25, 0.3) is 0 Å². The Hall–Kier alpha value is -1.87. The molecule has 1 unspecified atom stereocenters. The van der Waals surface area contributed by atoms with Gasteiger partial charge in [0.15, 0.2) is 0 Å². The second-order valence-corrected chi connectivity index (χ2v) is 6.31. The molecule has 1 heterocycles. The molecule has 0 saturated carbocycles. The van der Waals surface area contributed by atoms with Crippen LogP contribution in [0.5, 0.6) is 0 Å². The van der Waals surface area contributed by atoms with Crippen LogP contribution >= 0.6 is 0 Å². The first-order chi connectivity index (χ1) is 9.20. The van der Waals surface area contributed by atoms with Crippen molar-refractivity contribution in [2.75, 3.05) is 20.7 Å². The molecule has 9 heteroatoms. The number of ether oxygens (including phenoxy) is 1. The van der Waals surface area contributed by atoms with Gasteiger partial charge in [-0.25, -0.2) is 17.5 Å². The van der Waals surface area contributed by atoms with E-state index < -0.39 is 27.9 Å². The van der Waals surface area contributed by atoms with Crippen molar-refractivity contribution >= 4 is 22.0 Å². The minimum Gasteiger partial charge on any atom is -0.481 e. The number of aliphatic carboxylic acids is 1. The highest BCUT2D eigenvalue weighted by atomic mass is 32.2. The highest BCUT2D eigenvalue weighted by Gasteiger charge is 2.26. The van der Waals surface area contributed by atoms with Gasteiger partial charge in [0.05, 0.1) is 13.0 Å². The highest BCUT2D eigenvalue weighted by molar-refractivity contribution is 7.89. The maximum absolute atomic E-state index is 12.2. The molecule has 1 atom stereocenters. The third-order valence-electron chi connectivity index (χ3n) is 2.72. The van der Waals surface area contributed by atoms with E-state index in [0.29, 0.717) is 0 Å². The molecule has 0 saturated heterocycles. The molecule has 112 valence electrons. The average molecular weight is 304 g/mol. The van der Waals surface area contributed by atoms with Crippen molar-refractivity contribution in [1.82, 2.24) is 9.29 Å². The van der Waals surface area contributed by atoms with E-state index in [-0.39, 0.29) is 17.1 Å². The van der Waals surface area contributed by atoms with Crippen molar-refractivity contribution in [2.45, 2.75) is 11.8 Å². The number of methoxy groups -OCH3 is 1. The number of carboxylic acids is 1. The maximum atomic E-state index is 12.2. The van der Waals surface area contributed by atoms with Crippen LogP contribution in [-0.2, 0) is 19.6 Å². The number of aromatic nitrogens is 1. The van der Waals surface area contributed by atoms with Gasteiger partial charge >= 0.3 is 11.9 Å². The minimum absolute atomic E-state index is 0.00533. The zero-order chi connectivity index (χ0) is 15.5. The minimum atomic E-state index is -3.86. The Morgan fingerprint density at radius 3 is 2.60 bits per heavy atom. The van der Waals surface area contributed by atoms with Crippen molar-refractivity contribution in [1.29, 1.82) is 0 Å². The standard InChI is InChI=1S/C11H16N2O6S/c1-7(10(14)15)6-13(2)20(17,18)8-4-9(12-5-8)11(16)19-3/h4-5,7,12H,6H2,1-3H3,(H,14,15). The Bertz CT molecular complexity index is 606. The Balaban J connectivity index is 2.96. The normalized spacial score (nSPS) is 13.2. The van der Waals surface area contributed by atoms with Crippen LogP contribution in [0.3, 0.4) is 0 Å². The molecule has 0 aliphatic rings. The number of esters is 1. The Kier molecular flexibility index (Phi) is 4.90. The molecule has 0 bridgehead atoms. The number of nitrogens with one attached hydrogen (secondary N) is 1. The van der Waals surface area contributed by atoms with Crippen LogP contribution in [0.15, 0.2) is 17.2 Å². The van der Waals surface area contributed by atoms with Gasteiger partial charge in [0.25, 0.3) is 0 Å². The topological polar surface area (TPSA) is 117 Å². The summed E-state index contributed by atoms with van der Waals surface area (Å²) in [5.74, 6) is -2.61. The Morgan fingerprint density at radius 1 is 1.50 bits per heavy atom. The summed E-state index contributed by atoms with van der Waals surface area (Å²) in [5.41, 5.74) is 0.00533. The van der Waals surface area contributed by atoms with Gasteiger partial charge < -0.3 is 14.8 Å². The molecule has 0 spiro atoms. The Labute approximate surface area is 116 Å². The highest BCUT2D eigenvalue weighted by Crippen LogP contribution is 2.17. The molecule has 0 fully saturated rings. The zero-order valence-corrected chi connectivity index (χ0v) is 12.1. The van der Waals surface area contributed by atoms with Crippen LogP contribution in [-0.4, -0.2) is 55.5 Å². The van der Waals surface area contributed by atoms with E-state index in [0.717, 1.165) is 16.6 Å². The number of aromatic amines is 1. The molecular formula is C11H16N2O6S. The van der Waals surface area contributed by atoms with Gasteiger partial charge in [0.1, 0.15) is 10.6 Å². The van der Waals surface area contributed by atoms with Crippen molar-refractivity contribution in [3.8, 4) is 0 Å². The quantitative estimate of drug-likeness (QED) is 0.722. The van der Waals surface area contributed by atoms with Gasteiger partial charge in [0.2, 0.25) is 10.0 Å². The first kappa shape index (κ1) is 16.2. The fraction of sp³-hybridized carbons (Fsp3) is 0.455. The van der Waals surface area contributed by atoms with E-state index in [9.17, 15) is 18.0 Å². The lowest BCUT2D eigenvalue weighted by molar-refractivity contribution is -0.141. The summed E-state index contributed by atoms with van der Waals surface area (Å²) >= 11 is 0. The molecule has 2 N–H and O–H groups in total. The summed E-state index contributed by atoms with van der Waals surface area (Å²) in [6.45, 7) is 1.24. The molecule has 0 aliphatic carbocycles. The lowest BCUT2D eigenvalue weighted by Crippen LogP contribution is -2.33. The van der Waals surface area contributed by atoms with Gasteiger partial charge in [-0.3, -0.25) is 4.79 Å². The van der Waals surface area contributed by atoms with Crippen LogP contribution in [0.2, 0.25) is 0 Å². The molecule has 0 radical (unpaired) electrons. The first-order valence-corrected chi connectivity index (χ1v) is 7.10. The van der Waals surface area contributed by atoms with E-state index in [1.807, 2.05) is 0 Å². The van der Waals surface area contributed by atoms with Crippen molar-refractivity contribution in [3.05, 3.63) is 18.0 Å². The van der Waals surface area contributed by atoms with Gasteiger partial charge in [-0.05, 0) is 6.07 Å². The number of H-pyrrole nitrogens is 1. The van der Waals surface area contributed by atoms with Crippen LogP contribution in [0.4, 0.5) is 0 Å². The van der Waals surface area contributed by atoms with Gasteiger partial charge in [-0.1, -0.05) is 6.92 Å². The smallest absolute Gasteiger partial charge is 0.354 e. The molecule has 0 amide bonds. The number of hydrogen-bond acceptors (Lipinski definition) is 5. The molecule has 1 rings (SSSR count). The lowest BCUT2D eigenvalue weighted by Gasteiger charge is -2.18. The van der Waals surface area contributed by atoms with E-state index in [4.69, 9.17) is 5.11 Å². The summed E-state index contributed by atoms with van der Waals surface area (Å²) in [6, 6.07) is 1.14.